The number of nitrogens with one attached hydrogen (secondary N) is 1. The number of hydrogen-bond donors (Lipinski definition) is 2. The van der Waals surface area contributed by atoms with E-state index < -0.39 is 12.1 Å². The number of piperidine rings is 1. The molecule has 2 aromatic rings. The molecule has 0 aromatic carbocycles. The van der Waals surface area contributed by atoms with E-state index in [4.69, 9.17) is 9.63 Å². The monoisotopic (exact) mass is 317 g/mol. The van der Waals surface area contributed by atoms with Crippen molar-refractivity contribution in [2.75, 3.05) is 18.0 Å². The highest BCUT2D eigenvalue weighted by Gasteiger charge is 2.18. The van der Waals surface area contributed by atoms with E-state index in [0.717, 1.165) is 24.5 Å². The summed E-state index contributed by atoms with van der Waals surface area (Å²) in [5.41, 5.74) is 0.804. The van der Waals surface area contributed by atoms with Crippen LogP contribution in [0.15, 0.2) is 22.9 Å². The third-order valence-electron chi connectivity index (χ3n) is 3.84. The van der Waals surface area contributed by atoms with Crippen molar-refractivity contribution < 1.29 is 14.4 Å². The second-order valence-electron chi connectivity index (χ2n) is 5.58. The van der Waals surface area contributed by atoms with E-state index in [0.29, 0.717) is 5.82 Å². The highest BCUT2D eigenvalue weighted by Crippen LogP contribution is 2.24. The summed E-state index contributed by atoms with van der Waals surface area (Å²) in [6, 6.07) is 3.20. The smallest absolute Gasteiger partial charge is 0.405 e. The molecular formula is C15H19N5O3. The highest BCUT2D eigenvalue weighted by molar-refractivity contribution is 5.65. The summed E-state index contributed by atoms with van der Waals surface area (Å²) < 4.78 is 5.15. The molecule has 122 valence electrons. The number of aromatic nitrogens is 3. The van der Waals surface area contributed by atoms with Crippen molar-refractivity contribution in [3.05, 3.63) is 24.2 Å². The fourth-order valence-electron chi connectivity index (χ4n) is 2.63. The molecule has 0 aliphatic carbocycles. The number of hydrogen-bond acceptors (Lipinski definition) is 6. The maximum Gasteiger partial charge on any atom is 0.405 e. The van der Waals surface area contributed by atoms with Crippen molar-refractivity contribution in [2.24, 2.45) is 0 Å². The first-order valence-corrected chi connectivity index (χ1v) is 7.68. The molecule has 0 saturated carbocycles. The topological polar surface area (TPSA) is 104 Å². The molecule has 1 saturated heterocycles. The van der Waals surface area contributed by atoms with Crippen LogP contribution in [0, 0.1) is 0 Å². The molecular weight excluding hydrogens is 298 g/mol. The quantitative estimate of drug-likeness (QED) is 0.892. The number of carbonyl (C=O) groups is 1. The van der Waals surface area contributed by atoms with Gasteiger partial charge >= 0.3 is 6.09 Å². The molecule has 0 radical (unpaired) electrons. The first kappa shape index (κ1) is 15.3. The van der Waals surface area contributed by atoms with E-state index in [1.165, 1.54) is 19.3 Å². The van der Waals surface area contributed by atoms with Crippen molar-refractivity contribution in [2.45, 2.75) is 32.2 Å². The summed E-state index contributed by atoms with van der Waals surface area (Å²) in [5, 5.41) is 15.0. The largest absolute Gasteiger partial charge is 0.465 e. The minimum atomic E-state index is -1.13. The van der Waals surface area contributed by atoms with Crippen LogP contribution in [0.3, 0.4) is 0 Å². The third kappa shape index (κ3) is 3.58. The van der Waals surface area contributed by atoms with Gasteiger partial charge in [-0.3, -0.25) is 0 Å². The van der Waals surface area contributed by atoms with Gasteiger partial charge in [0.25, 0.3) is 0 Å². The normalized spacial score (nSPS) is 16.1. The van der Waals surface area contributed by atoms with Gasteiger partial charge in [-0.15, -0.1) is 0 Å². The Bertz CT molecular complexity index is 681. The molecule has 0 bridgehead atoms. The number of amides is 1. The molecule has 1 aliphatic rings. The van der Waals surface area contributed by atoms with E-state index in [2.05, 4.69) is 25.3 Å². The Morgan fingerprint density at radius 1 is 1.39 bits per heavy atom. The molecule has 1 amide bonds. The number of nitrogens with zero attached hydrogens (tertiary/aromatic N) is 4. The van der Waals surface area contributed by atoms with E-state index in [-0.39, 0.29) is 5.89 Å². The van der Waals surface area contributed by atoms with Crippen LogP contribution in [0.2, 0.25) is 0 Å². The fraction of sp³-hybridized carbons (Fsp3) is 0.467. The highest BCUT2D eigenvalue weighted by atomic mass is 16.5. The lowest BCUT2D eigenvalue weighted by atomic mass is 10.1. The molecule has 1 fully saturated rings. The lowest BCUT2D eigenvalue weighted by molar-refractivity contribution is 0.187. The zero-order valence-electron chi connectivity index (χ0n) is 12.9. The van der Waals surface area contributed by atoms with Crippen LogP contribution in [0.5, 0.6) is 0 Å². The van der Waals surface area contributed by atoms with Crippen LogP contribution >= 0.6 is 0 Å². The molecule has 23 heavy (non-hydrogen) atoms. The van der Waals surface area contributed by atoms with Crippen molar-refractivity contribution in [3.63, 3.8) is 0 Å². The van der Waals surface area contributed by atoms with Crippen molar-refractivity contribution >= 4 is 11.9 Å². The van der Waals surface area contributed by atoms with Gasteiger partial charge < -0.3 is 19.8 Å². The van der Waals surface area contributed by atoms with Crippen LogP contribution in [-0.4, -0.2) is 39.4 Å². The molecule has 0 spiro atoms. The minimum absolute atomic E-state index is 0.235. The Labute approximate surface area is 133 Å². The van der Waals surface area contributed by atoms with Gasteiger partial charge in [0.2, 0.25) is 11.7 Å². The second kappa shape index (κ2) is 6.64. The van der Waals surface area contributed by atoms with Crippen LogP contribution in [0.4, 0.5) is 10.6 Å². The Balaban J connectivity index is 1.79. The summed E-state index contributed by atoms with van der Waals surface area (Å²) in [6.45, 7) is 3.66. The van der Waals surface area contributed by atoms with E-state index >= 15 is 0 Å². The van der Waals surface area contributed by atoms with Gasteiger partial charge in [0, 0.05) is 24.8 Å². The molecule has 3 rings (SSSR count). The first-order valence-electron chi connectivity index (χ1n) is 7.68. The van der Waals surface area contributed by atoms with Gasteiger partial charge in [-0.05, 0) is 38.3 Å². The zero-order valence-corrected chi connectivity index (χ0v) is 12.9. The van der Waals surface area contributed by atoms with E-state index in [9.17, 15) is 4.79 Å². The van der Waals surface area contributed by atoms with Gasteiger partial charge in [0.1, 0.15) is 11.9 Å². The van der Waals surface area contributed by atoms with E-state index in [1.54, 1.807) is 13.1 Å². The molecule has 2 aromatic heterocycles. The van der Waals surface area contributed by atoms with Crippen LogP contribution < -0.4 is 10.2 Å². The average Bonchev–Trinajstić information content (AvgIpc) is 3.05. The Morgan fingerprint density at radius 2 is 2.17 bits per heavy atom. The average molecular weight is 317 g/mol. The molecule has 2 N–H and O–H groups in total. The van der Waals surface area contributed by atoms with Gasteiger partial charge in [0.15, 0.2) is 0 Å². The lowest BCUT2D eigenvalue weighted by Gasteiger charge is -2.27. The molecule has 1 unspecified atom stereocenters. The van der Waals surface area contributed by atoms with Gasteiger partial charge in [-0.25, -0.2) is 9.78 Å². The molecule has 8 nitrogen and oxygen atoms in total. The summed E-state index contributed by atoms with van der Waals surface area (Å²) in [5.74, 6) is 1.57. The summed E-state index contributed by atoms with van der Waals surface area (Å²) >= 11 is 0. The second-order valence-corrected chi connectivity index (χ2v) is 5.58. The Kier molecular flexibility index (Phi) is 4.40. The molecule has 1 aliphatic heterocycles. The number of anilines is 1. The van der Waals surface area contributed by atoms with Crippen LogP contribution in [-0.2, 0) is 0 Å². The number of pyridine rings is 1. The molecule has 3 heterocycles. The minimum Gasteiger partial charge on any atom is -0.465 e. The predicted octanol–water partition coefficient (Wildman–Crippen LogP) is 2.45. The van der Waals surface area contributed by atoms with Crippen molar-refractivity contribution in [1.29, 1.82) is 0 Å². The molecule has 1 atom stereocenters. The SMILES string of the molecule is CC(NC(=O)O)c1nc(-c2ccnc(N3CCCCC3)c2)no1. The number of rotatable bonds is 4. The zero-order chi connectivity index (χ0) is 16.2. The summed E-state index contributed by atoms with van der Waals surface area (Å²) in [7, 11) is 0. The predicted molar refractivity (Wildman–Crippen MR) is 83.2 cm³/mol. The number of carboxylic acid groups (broad SMARTS) is 1. The lowest BCUT2D eigenvalue weighted by Crippen LogP contribution is -2.30. The Morgan fingerprint density at radius 3 is 2.91 bits per heavy atom. The summed E-state index contributed by atoms with van der Waals surface area (Å²) in [6.07, 6.45) is 4.22. The van der Waals surface area contributed by atoms with Gasteiger partial charge in [-0.2, -0.15) is 4.98 Å². The fourth-order valence-corrected chi connectivity index (χ4v) is 2.63. The maximum atomic E-state index is 10.7. The Hall–Kier alpha value is -2.64. The van der Waals surface area contributed by atoms with Gasteiger partial charge in [-0.1, -0.05) is 5.16 Å². The summed E-state index contributed by atoms with van der Waals surface area (Å²) in [4.78, 5) is 21.6. The third-order valence-corrected chi connectivity index (χ3v) is 3.84. The van der Waals surface area contributed by atoms with Gasteiger partial charge in [0.05, 0.1) is 0 Å². The first-order chi connectivity index (χ1) is 11.1. The van der Waals surface area contributed by atoms with E-state index in [1.807, 2.05) is 12.1 Å². The van der Waals surface area contributed by atoms with Crippen LogP contribution in [0.25, 0.3) is 11.4 Å². The van der Waals surface area contributed by atoms with Crippen LogP contribution in [0.1, 0.15) is 38.1 Å². The van der Waals surface area contributed by atoms with Crippen molar-refractivity contribution in [1.82, 2.24) is 20.4 Å². The molecule has 8 heteroatoms. The standard InChI is InChI=1S/C15H19N5O3/c1-10(17-15(21)22)14-18-13(19-23-14)11-5-6-16-12(9-11)20-7-3-2-4-8-20/h5-6,9-10,17H,2-4,7-8H2,1H3,(H,21,22). The maximum absolute atomic E-state index is 10.7. The van der Waals surface area contributed by atoms with Crippen molar-refractivity contribution in [3.8, 4) is 11.4 Å².